The van der Waals surface area contributed by atoms with Crippen molar-refractivity contribution in [2.75, 3.05) is 17.2 Å². The summed E-state index contributed by atoms with van der Waals surface area (Å²) in [4.78, 5) is 36.3. The Bertz CT molecular complexity index is 1270. The van der Waals surface area contributed by atoms with Crippen LogP contribution in [0.4, 0.5) is 11.4 Å². The minimum Gasteiger partial charge on any atom is -0.484 e. The average molecular weight is 493 g/mol. The predicted octanol–water partition coefficient (Wildman–Crippen LogP) is 4.37. The summed E-state index contributed by atoms with van der Waals surface area (Å²) < 4.78 is 5.59. The van der Waals surface area contributed by atoms with Crippen molar-refractivity contribution in [1.29, 1.82) is 0 Å². The molecule has 8 nitrogen and oxygen atoms in total. The normalized spacial score (nSPS) is 10.6. The molecule has 35 heavy (non-hydrogen) atoms. The molecule has 0 aliphatic carbocycles. The van der Waals surface area contributed by atoms with Crippen molar-refractivity contribution in [2.24, 2.45) is 5.10 Å². The van der Waals surface area contributed by atoms with Crippen molar-refractivity contribution in [3.8, 4) is 5.75 Å². The van der Waals surface area contributed by atoms with Crippen LogP contribution in [0.5, 0.6) is 5.75 Å². The van der Waals surface area contributed by atoms with Gasteiger partial charge in [-0.25, -0.2) is 5.43 Å². The molecule has 0 radical (unpaired) electrons. The third-order valence-electron chi connectivity index (χ3n) is 4.88. The van der Waals surface area contributed by atoms with Crippen LogP contribution in [0.15, 0.2) is 65.8 Å². The van der Waals surface area contributed by atoms with E-state index in [2.05, 4.69) is 21.2 Å². The number of carbonyl (C=O) groups is 3. The van der Waals surface area contributed by atoms with Gasteiger partial charge in [-0.05, 0) is 61.7 Å². The lowest BCUT2D eigenvalue weighted by atomic mass is 10.1. The molecule has 0 fully saturated rings. The number of nitrogens with zero attached hydrogens (tertiary/aromatic N) is 1. The quantitative estimate of drug-likeness (QED) is 0.258. The fourth-order valence-electron chi connectivity index (χ4n) is 3.34. The van der Waals surface area contributed by atoms with E-state index in [0.717, 1.165) is 22.4 Å². The Kier molecular flexibility index (Phi) is 8.58. The summed E-state index contributed by atoms with van der Waals surface area (Å²) in [6, 6.07) is 17.4. The lowest BCUT2D eigenvalue weighted by molar-refractivity contribution is -0.136. The first-order chi connectivity index (χ1) is 16.7. The first-order valence-electron chi connectivity index (χ1n) is 10.7. The van der Waals surface area contributed by atoms with E-state index in [-0.39, 0.29) is 12.5 Å². The van der Waals surface area contributed by atoms with Crippen LogP contribution in [-0.2, 0) is 14.4 Å². The number of hydrazone groups is 1. The van der Waals surface area contributed by atoms with E-state index in [0.29, 0.717) is 22.0 Å². The molecule has 0 atom stereocenters. The van der Waals surface area contributed by atoms with E-state index in [1.165, 1.54) is 6.21 Å². The largest absolute Gasteiger partial charge is 0.484 e. The molecule has 0 unspecified atom stereocenters. The summed E-state index contributed by atoms with van der Waals surface area (Å²) >= 11 is 5.96. The molecule has 0 spiro atoms. The maximum atomic E-state index is 12.4. The highest BCUT2D eigenvalue weighted by Gasteiger charge is 2.14. The Morgan fingerprint density at radius 1 is 0.914 bits per heavy atom. The van der Waals surface area contributed by atoms with Crippen molar-refractivity contribution < 1.29 is 19.1 Å². The van der Waals surface area contributed by atoms with Gasteiger partial charge in [0.25, 0.3) is 5.91 Å². The van der Waals surface area contributed by atoms with Crippen LogP contribution in [-0.4, -0.2) is 30.5 Å². The molecule has 0 bridgehead atoms. The van der Waals surface area contributed by atoms with Crippen LogP contribution in [0.2, 0.25) is 5.02 Å². The molecule has 9 heteroatoms. The summed E-state index contributed by atoms with van der Waals surface area (Å²) in [7, 11) is 0. The maximum absolute atomic E-state index is 12.4. The van der Waals surface area contributed by atoms with Gasteiger partial charge >= 0.3 is 11.8 Å². The number of anilines is 2. The summed E-state index contributed by atoms with van der Waals surface area (Å²) in [5.41, 5.74) is 6.94. The average Bonchev–Trinajstić information content (AvgIpc) is 2.81. The van der Waals surface area contributed by atoms with Gasteiger partial charge in [0, 0.05) is 5.69 Å². The molecule has 180 valence electrons. The van der Waals surface area contributed by atoms with Crippen LogP contribution in [0.3, 0.4) is 0 Å². The monoisotopic (exact) mass is 492 g/mol. The number of hydrogen-bond acceptors (Lipinski definition) is 5. The van der Waals surface area contributed by atoms with Gasteiger partial charge in [-0.1, -0.05) is 53.6 Å². The Morgan fingerprint density at radius 2 is 1.63 bits per heavy atom. The zero-order valence-corrected chi connectivity index (χ0v) is 20.3. The van der Waals surface area contributed by atoms with Gasteiger partial charge in [-0.3, -0.25) is 14.4 Å². The zero-order chi connectivity index (χ0) is 25.4. The summed E-state index contributed by atoms with van der Waals surface area (Å²) in [6.07, 6.45) is 1.35. The van der Waals surface area contributed by atoms with E-state index in [1.54, 1.807) is 48.5 Å². The zero-order valence-electron chi connectivity index (χ0n) is 19.5. The molecule has 3 amide bonds. The molecular weight excluding hydrogens is 468 g/mol. The third-order valence-corrected chi connectivity index (χ3v) is 5.21. The van der Waals surface area contributed by atoms with Crippen LogP contribution in [0.25, 0.3) is 0 Å². The smallest absolute Gasteiger partial charge is 0.329 e. The molecule has 3 rings (SSSR count). The second-order valence-corrected chi connectivity index (χ2v) is 8.22. The minimum absolute atomic E-state index is 0.174. The minimum atomic E-state index is -0.952. The van der Waals surface area contributed by atoms with E-state index in [9.17, 15) is 14.4 Å². The fraction of sp³-hybridized carbons (Fsp3) is 0.154. The third kappa shape index (κ3) is 7.41. The molecule has 3 N–H and O–H groups in total. The van der Waals surface area contributed by atoms with Crippen molar-refractivity contribution in [2.45, 2.75) is 20.8 Å². The number of halogens is 1. The van der Waals surface area contributed by atoms with Gasteiger partial charge in [0.2, 0.25) is 0 Å². The van der Waals surface area contributed by atoms with E-state index < -0.39 is 11.8 Å². The molecule has 0 aliphatic heterocycles. The molecular formula is C26H25ClN4O4. The highest BCUT2D eigenvalue weighted by atomic mass is 35.5. The molecule has 0 saturated carbocycles. The van der Waals surface area contributed by atoms with E-state index in [1.807, 2.05) is 32.9 Å². The molecule has 0 heterocycles. The topological polar surface area (TPSA) is 109 Å². The molecule has 3 aromatic carbocycles. The Hall–Kier alpha value is -4.17. The fourth-order valence-corrected chi connectivity index (χ4v) is 3.53. The van der Waals surface area contributed by atoms with Gasteiger partial charge in [-0.15, -0.1) is 0 Å². The van der Waals surface area contributed by atoms with Gasteiger partial charge in [0.15, 0.2) is 6.61 Å². The summed E-state index contributed by atoms with van der Waals surface area (Å²) in [6.45, 7) is 5.72. The van der Waals surface area contributed by atoms with Gasteiger partial charge in [0.1, 0.15) is 5.75 Å². The highest BCUT2D eigenvalue weighted by Crippen LogP contribution is 2.22. The number of hydrogen-bond donors (Lipinski definition) is 3. The van der Waals surface area contributed by atoms with Crippen LogP contribution in [0.1, 0.15) is 22.3 Å². The number of carbonyl (C=O) groups excluding carboxylic acids is 3. The Labute approximate surface area is 208 Å². The predicted molar refractivity (Wildman–Crippen MR) is 137 cm³/mol. The second-order valence-electron chi connectivity index (χ2n) is 7.82. The Morgan fingerprint density at radius 3 is 2.34 bits per heavy atom. The van der Waals surface area contributed by atoms with Crippen molar-refractivity contribution in [3.05, 3.63) is 87.9 Å². The number of para-hydroxylation sites is 1. The van der Waals surface area contributed by atoms with E-state index in [4.69, 9.17) is 16.3 Å². The first kappa shape index (κ1) is 25.5. The SMILES string of the molecule is Cc1cc(C)c(NC(=O)COc2cccc(/C=N\NC(=O)C(=O)Nc3ccccc3Cl)c2)c(C)c1. The Balaban J connectivity index is 1.51. The van der Waals surface area contributed by atoms with Gasteiger partial charge in [-0.2, -0.15) is 5.10 Å². The lowest BCUT2D eigenvalue weighted by Crippen LogP contribution is -2.32. The van der Waals surface area contributed by atoms with Gasteiger partial charge < -0.3 is 15.4 Å². The van der Waals surface area contributed by atoms with Gasteiger partial charge in [0.05, 0.1) is 16.9 Å². The number of rotatable bonds is 7. The molecule has 0 aliphatic rings. The highest BCUT2D eigenvalue weighted by molar-refractivity contribution is 6.41. The second kappa shape index (κ2) is 11.8. The number of benzene rings is 3. The van der Waals surface area contributed by atoms with E-state index >= 15 is 0 Å². The number of amides is 3. The van der Waals surface area contributed by atoms with Crippen LogP contribution >= 0.6 is 11.6 Å². The number of aryl methyl sites for hydroxylation is 3. The molecule has 0 saturated heterocycles. The van der Waals surface area contributed by atoms with Crippen LogP contribution in [0, 0.1) is 20.8 Å². The van der Waals surface area contributed by atoms with Crippen molar-refractivity contribution in [1.82, 2.24) is 5.43 Å². The number of ether oxygens (including phenoxy) is 1. The standard InChI is InChI=1S/C26H25ClN4O4/c1-16-11-17(2)24(18(3)12-16)30-23(32)15-35-20-8-6-7-19(13-20)14-28-31-26(34)25(33)29-22-10-5-4-9-21(22)27/h4-14H,15H2,1-3H3,(H,29,33)(H,30,32)(H,31,34)/b28-14-. The molecule has 0 aromatic heterocycles. The van der Waals surface area contributed by atoms with Crippen LogP contribution < -0.4 is 20.8 Å². The number of nitrogens with one attached hydrogen (secondary N) is 3. The first-order valence-corrected chi connectivity index (χ1v) is 11.1. The molecule has 3 aromatic rings. The summed E-state index contributed by atoms with van der Waals surface area (Å²) in [5, 5.41) is 9.40. The maximum Gasteiger partial charge on any atom is 0.329 e. The lowest BCUT2D eigenvalue weighted by Gasteiger charge is -2.13. The summed E-state index contributed by atoms with van der Waals surface area (Å²) in [5.74, 6) is -1.69. The van der Waals surface area contributed by atoms with Crippen molar-refractivity contribution in [3.63, 3.8) is 0 Å². The van der Waals surface area contributed by atoms with Crippen molar-refractivity contribution >= 4 is 46.9 Å².